The summed E-state index contributed by atoms with van der Waals surface area (Å²) >= 11 is 0. The van der Waals surface area contributed by atoms with E-state index in [1.165, 1.54) is 5.56 Å². The minimum Gasteiger partial charge on any atom is -0.475 e. The molecule has 2 rings (SSSR count). The van der Waals surface area contributed by atoms with Crippen LogP contribution in [0.1, 0.15) is 36.3 Å². The van der Waals surface area contributed by atoms with Crippen molar-refractivity contribution in [3.05, 3.63) is 41.7 Å². The molecule has 1 aliphatic rings. The quantitative estimate of drug-likeness (QED) is 0.551. The van der Waals surface area contributed by atoms with Gasteiger partial charge in [0, 0.05) is 6.07 Å². The second-order valence-corrected chi connectivity index (χ2v) is 3.90. The van der Waals surface area contributed by atoms with Crippen molar-refractivity contribution in [1.29, 1.82) is 0 Å². The lowest BCUT2D eigenvalue weighted by atomic mass is 9.85. The largest absolute Gasteiger partial charge is 0.475 e. The lowest BCUT2D eigenvalue weighted by molar-refractivity contribution is 0.163. The van der Waals surface area contributed by atoms with Crippen LogP contribution in [0, 0.1) is 6.32 Å². The lowest BCUT2D eigenvalue weighted by Crippen LogP contribution is -2.12. The predicted octanol–water partition coefficient (Wildman–Crippen LogP) is 1.99. The summed E-state index contributed by atoms with van der Waals surface area (Å²) in [4.78, 5) is 0. The van der Waals surface area contributed by atoms with Crippen LogP contribution >= 0.6 is 0 Å². The smallest absolute Gasteiger partial charge is 0.0819 e. The summed E-state index contributed by atoms with van der Waals surface area (Å²) in [5, 5.41) is 9.81. The topological polar surface area (TPSA) is 20.2 Å². The Morgan fingerprint density at radius 2 is 2.07 bits per heavy atom. The first-order valence-electron chi connectivity index (χ1n) is 5.15. The first-order valence-corrected chi connectivity index (χ1v) is 5.15. The molecule has 3 radical (unpaired) electrons. The molecule has 2 unspecified atom stereocenters. The Hall–Kier alpha value is -0.885. The minimum atomic E-state index is -0.184. The van der Waals surface area contributed by atoms with E-state index >= 15 is 0 Å². The van der Waals surface area contributed by atoms with Crippen LogP contribution in [-0.2, 0) is 0 Å². The third-order valence-electron chi connectivity index (χ3n) is 3.05. The minimum absolute atomic E-state index is 0.184. The normalized spacial score (nSPS) is 26.4. The van der Waals surface area contributed by atoms with E-state index in [0.717, 1.165) is 24.8 Å². The summed E-state index contributed by atoms with van der Waals surface area (Å²) in [5.41, 5.74) is 2.25. The van der Waals surface area contributed by atoms with Gasteiger partial charge in [0.2, 0.25) is 0 Å². The van der Waals surface area contributed by atoms with Crippen LogP contribution in [0.2, 0.25) is 0 Å². The summed E-state index contributed by atoms with van der Waals surface area (Å²) in [6.45, 7) is 0. The summed E-state index contributed by atoms with van der Waals surface area (Å²) in [7, 11) is 5.56. The zero-order valence-corrected chi connectivity index (χ0v) is 8.19. The van der Waals surface area contributed by atoms with Crippen molar-refractivity contribution in [2.45, 2.75) is 31.3 Å². The van der Waals surface area contributed by atoms with Crippen LogP contribution in [0.25, 0.3) is 0 Å². The number of rotatable bonds is 2. The molecule has 0 amide bonds. The van der Waals surface area contributed by atoms with Crippen LogP contribution in [0.15, 0.2) is 24.3 Å². The Kier molecular flexibility index (Phi) is 2.83. The van der Waals surface area contributed by atoms with Gasteiger partial charge in [-0.15, -0.1) is 0 Å². The van der Waals surface area contributed by atoms with Crippen molar-refractivity contribution in [3.63, 3.8) is 0 Å². The van der Waals surface area contributed by atoms with Crippen molar-refractivity contribution >= 4 is 7.85 Å². The highest BCUT2D eigenvalue weighted by Crippen LogP contribution is 2.36. The van der Waals surface area contributed by atoms with Crippen molar-refractivity contribution < 1.29 is 5.11 Å². The van der Waals surface area contributed by atoms with E-state index in [0.29, 0.717) is 0 Å². The first-order chi connectivity index (χ1) is 6.83. The third-order valence-corrected chi connectivity index (χ3v) is 3.05. The molecule has 2 atom stereocenters. The second kappa shape index (κ2) is 4.10. The van der Waals surface area contributed by atoms with Crippen molar-refractivity contribution in [1.82, 2.24) is 0 Å². The van der Waals surface area contributed by atoms with Gasteiger partial charge in [-0.3, -0.25) is 6.32 Å². The summed E-state index contributed by atoms with van der Waals surface area (Å²) < 4.78 is 0. The maximum atomic E-state index is 9.81. The molecule has 1 saturated carbocycles. The van der Waals surface area contributed by atoms with Crippen LogP contribution in [0.4, 0.5) is 0 Å². The van der Waals surface area contributed by atoms with Crippen LogP contribution < -0.4 is 0 Å². The standard InChI is InChI=1S/C12H14BO/c13-8-9-4-1-2-5-10(9)11-6-3-7-12(11)14/h1-2,4-5,8,11-12,14H,3,6-7H2. The second-order valence-electron chi connectivity index (χ2n) is 3.90. The van der Waals surface area contributed by atoms with E-state index in [1.54, 1.807) is 6.32 Å². The molecule has 0 aromatic heterocycles. The first kappa shape index (κ1) is 9.66. The molecule has 0 aliphatic heterocycles. The Bertz CT molecular complexity index is 311. The monoisotopic (exact) mass is 185 g/mol. The molecule has 71 valence electrons. The van der Waals surface area contributed by atoms with E-state index in [1.807, 2.05) is 18.2 Å². The highest BCUT2D eigenvalue weighted by atomic mass is 16.3. The molecule has 1 aromatic carbocycles. The molecule has 2 heteroatoms. The van der Waals surface area contributed by atoms with Crippen LogP contribution in [-0.4, -0.2) is 19.1 Å². The average molecular weight is 185 g/mol. The fourth-order valence-corrected chi connectivity index (χ4v) is 2.30. The zero-order chi connectivity index (χ0) is 9.97. The van der Waals surface area contributed by atoms with Gasteiger partial charge in [0.1, 0.15) is 0 Å². The van der Waals surface area contributed by atoms with Gasteiger partial charge >= 0.3 is 0 Å². The number of hydrogen-bond donors (Lipinski definition) is 1. The maximum Gasteiger partial charge on any atom is 0.0819 e. The van der Waals surface area contributed by atoms with Gasteiger partial charge in [-0.05, 0) is 37.5 Å². The van der Waals surface area contributed by atoms with Crippen LogP contribution in [0.5, 0.6) is 0 Å². The Labute approximate surface area is 86.6 Å². The lowest BCUT2D eigenvalue weighted by Gasteiger charge is -2.14. The average Bonchev–Trinajstić information content (AvgIpc) is 2.64. The van der Waals surface area contributed by atoms with Gasteiger partial charge in [0.15, 0.2) is 0 Å². The molecular formula is C12H14BO. The van der Waals surface area contributed by atoms with E-state index in [-0.39, 0.29) is 12.0 Å². The molecule has 1 aliphatic carbocycles. The number of hydrogen-bond acceptors (Lipinski definition) is 1. The Morgan fingerprint density at radius 3 is 2.71 bits per heavy atom. The molecule has 0 saturated heterocycles. The number of benzene rings is 1. The van der Waals surface area contributed by atoms with E-state index in [2.05, 4.69) is 6.07 Å². The SMILES string of the molecule is [B-][CH+]c1ccccc1C1CCCC1O. The number of aliphatic hydroxyl groups excluding tert-OH is 1. The molecule has 1 nitrogen and oxygen atoms in total. The molecule has 0 heterocycles. The van der Waals surface area contributed by atoms with Gasteiger partial charge in [0.05, 0.1) is 23.1 Å². The predicted molar refractivity (Wildman–Crippen MR) is 58.2 cm³/mol. The fourth-order valence-electron chi connectivity index (χ4n) is 2.30. The highest BCUT2D eigenvalue weighted by Gasteiger charge is 2.30. The Balaban J connectivity index is 2.30. The molecule has 1 N–H and O–H groups in total. The number of aliphatic hydroxyl groups is 1. The van der Waals surface area contributed by atoms with Gasteiger partial charge in [0.25, 0.3) is 0 Å². The van der Waals surface area contributed by atoms with Crippen LogP contribution in [0.3, 0.4) is 0 Å². The molecular weight excluding hydrogens is 171 g/mol. The Morgan fingerprint density at radius 1 is 1.29 bits per heavy atom. The molecule has 0 bridgehead atoms. The summed E-state index contributed by atoms with van der Waals surface area (Å²) in [6, 6.07) is 8.05. The van der Waals surface area contributed by atoms with Crippen molar-refractivity contribution in [2.75, 3.05) is 0 Å². The van der Waals surface area contributed by atoms with Crippen molar-refractivity contribution in [2.24, 2.45) is 0 Å². The van der Waals surface area contributed by atoms with Gasteiger partial charge in [-0.2, -0.15) is 0 Å². The van der Waals surface area contributed by atoms with Gasteiger partial charge < -0.3 is 13.0 Å². The van der Waals surface area contributed by atoms with E-state index < -0.39 is 0 Å². The van der Waals surface area contributed by atoms with E-state index in [9.17, 15) is 5.11 Å². The molecule has 1 fully saturated rings. The zero-order valence-electron chi connectivity index (χ0n) is 8.19. The van der Waals surface area contributed by atoms with Gasteiger partial charge in [-0.25, -0.2) is 0 Å². The summed E-state index contributed by atoms with van der Waals surface area (Å²) in [6.07, 6.45) is 4.55. The molecule has 0 spiro atoms. The van der Waals surface area contributed by atoms with Crippen molar-refractivity contribution in [3.8, 4) is 0 Å². The van der Waals surface area contributed by atoms with Gasteiger partial charge in [-0.1, -0.05) is 0 Å². The molecule has 14 heavy (non-hydrogen) atoms. The molecule has 1 aromatic rings. The fraction of sp³-hybridized carbons (Fsp3) is 0.417. The highest BCUT2D eigenvalue weighted by molar-refractivity contribution is 6.17. The van der Waals surface area contributed by atoms with E-state index in [4.69, 9.17) is 7.85 Å². The third kappa shape index (κ3) is 1.67. The maximum absolute atomic E-state index is 9.81. The summed E-state index contributed by atoms with van der Waals surface area (Å²) in [5.74, 6) is 0.283.